The SMILES string of the molecule is CC(C)CCC[C@@H](C)[C@H]1CC[C@H]2[C@@H]3CC=C4C[C@@H](OC(=O)c5ccc(F)c(F)c5)CC[C@]4(C)[C@H]3CC[C@]12C. The van der Waals surface area contributed by atoms with Gasteiger partial charge < -0.3 is 4.74 Å². The number of allylic oxidation sites excluding steroid dienone is 1. The first-order valence-corrected chi connectivity index (χ1v) is 15.4. The van der Waals surface area contributed by atoms with Crippen LogP contribution in [-0.2, 0) is 4.74 Å². The molecule has 1 aromatic carbocycles. The van der Waals surface area contributed by atoms with Gasteiger partial charge in [-0.2, -0.15) is 0 Å². The van der Waals surface area contributed by atoms with Gasteiger partial charge >= 0.3 is 5.97 Å². The Labute approximate surface area is 229 Å². The molecule has 38 heavy (non-hydrogen) atoms. The van der Waals surface area contributed by atoms with Crippen molar-refractivity contribution in [2.45, 2.75) is 111 Å². The molecule has 0 spiro atoms. The van der Waals surface area contributed by atoms with Crippen molar-refractivity contribution in [3.8, 4) is 0 Å². The van der Waals surface area contributed by atoms with Gasteiger partial charge in [0.2, 0.25) is 0 Å². The Hall–Kier alpha value is -1.71. The van der Waals surface area contributed by atoms with Gasteiger partial charge in [0.1, 0.15) is 6.10 Å². The van der Waals surface area contributed by atoms with E-state index in [4.69, 9.17) is 4.74 Å². The third kappa shape index (κ3) is 4.99. The first-order valence-electron chi connectivity index (χ1n) is 15.4. The van der Waals surface area contributed by atoms with E-state index in [2.05, 4.69) is 40.7 Å². The molecule has 4 aliphatic rings. The Morgan fingerprint density at radius 1 is 1.00 bits per heavy atom. The molecular weight excluding hydrogens is 478 g/mol. The highest BCUT2D eigenvalue weighted by Gasteiger charge is 2.59. The zero-order valence-corrected chi connectivity index (χ0v) is 24.2. The lowest BCUT2D eigenvalue weighted by atomic mass is 9.47. The Morgan fingerprint density at radius 3 is 2.53 bits per heavy atom. The molecule has 0 amide bonds. The van der Waals surface area contributed by atoms with Crippen LogP contribution in [-0.4, -0.2) is 12.1 Å². The highest BCUT2D eigenvalue weighted by atomic mass is 19.2. The van der Waals surface area contributed by atoms with Crippen molar-refractivity contribution in [2.24, 2.45) is 46.3 Å². The smallest absolute Gasteiger partial charge is 0.338 e. The molecule has 8 atom stereocenters. The fraction of sp³-hybridized carbons (Fsp3) is 0.735. The lowest BCUT2D eigenvalue weighted by Gasteiger charge is -2.58. The maximum absolute atomic E-state index is 13.6. The van der Waals surface area contributed by atoms with Crippen LogP contribution in [0.25, 0.3) is 0 Å². The quantitative estimate of drug-likeness (QED) is 0.261. The van der Waals surface area contributed by atoms with Crippen LogP contribution in [0.5, 0.6) is 0 Å². The number of fused-ring (bicyclic) bond motifs is 5. The van der Waals surface area contributed by atoms with E-state index in [-0.39, 0.29) is 17.1 Å². The molecule has 4 aliphatic carbocycles. The first-order chi connectivity index (χ1) is 18.0. The van der Waals surface area contributed by atoms with Crippen molar-refractivity contribution in [3.63, 3.8) is 0 Å². The molecule has 0 N–H and O–H groups in total. The Morgan fingerprint density at radius 2 is 1.79 bits per heavy atom. The van der Waals surface area contributed by atoms with Gasteiger partial charge in [-0.25, -0.2) is 13.6 Å². The maximum Gasteiger partial charge on any atom is 0.338 e. The molecule has 0 unspecified atom stereocenters. The van der Waals surface area contributed by atoms with E-state index >= 15 is 0 Å². The van der Waals surface area contributed by atoms with Gasteiger partial charge in [0.05, 0.1) is 5.56 Å². The molecule has 0 aliphatic heterocycles. The number of benzene rings is 1. The number of esters is 1. The van der Waals surface area contributed by atoms with Crippen LogP contribution in [0.2, 0.25) is 0 Å². The van der Waals surface area contributed by atoms with E-state index in [9.17, 15) is 13.6 Å². The summed E-state index contributed by atoms with van der Waals surface area (Å²) in [6.07, 6.45) is 15.7. The van der Waals surface area contributed by atoms with Crippen LogP contribution < -0.4 is 0 Å². The largest absolute Gasteiger partial charge is 0.458 e. The molecule has 0 heterocycles. The summed E-state index contributed by atoms with van der Waals surface area (Å²) in [7, 11) is 0. The van der Waals surface area contributed by atoms with Crippen LogP contribution >= 0.6 is 0 Å². The molecular formula is C34H48F2O2. The van der Waals surface area contributed by atoms with Crippen LogP contribution in [0.3, 0.4) is 0 Å². The number of hydrogen-bond donors (Lipinski definition) is 0. The highest BCUT2D eigenvalue weighted by molar-refractivity contribution is 5.89. The predicted octanol–water partition coefficient (Wildman–Crippen LogP) is 9.53. The number of hydrogen-bond acceptors (Lipinski definition) is 2. The molecule has 210 valence electrons. The van der Waals surface area contributed by atoms with Crippen molar-refractivity contribution in [2.75, 3.05) is 0 Å². The second-order valence-electron chi connectivity index (χ2n) is 14.2. The second kappa shape index (κ2) is 10.7. The Bertz CT molecular complexity index is 1060. The maximum atomic E-state index is 13.6. The minimum absolute atomic E-state index is 0.0794. The molecule has 4 heteroatoms. The monoisotopic (exact) mass is 526 g/mol. The van der Waals surface area contributed by atoms with Gasteiger partial charge in [-0.15, -0.1) is 0 Å². The van der Waals surface area contributed by atoms with E-state index in [1.807, 2.05) is 0 Å². The van der Waals surface area contributed by atoms with Crippen LogP contribution in [0.1, 0.15) is 116 Å². The van der Waals surface area contributed by atoms with Crippen LogP contribution in [0, 0.1) is 58.0 Å². The zero-order valence-electron chi connectivity index (χ0n) is 24.2. The number of ether oxygens (including phenoxy) is 1. The second-order valence-corrected chi connectivity index (χ2v) is 14.2. The summed E-state index contributed by atoms with van der Waals surface area (Å²) < 4.78 is 32.7. The summed E-state index contributed by atoms with van der Waals surface area (Å²) in [5.41, 5.74) is 2.22. The van der Waals surface area contributed by atoms with Gasteiger partial charge in [0, 0.05) is 6.42 Å². The molecule has 5 rings (SSSR count). The van der Waals surface area contributed by atoms with Gasteiger partial charge in [0.15, 0.2) is 11.6 Å². The predicted molar refractivity (Wildman–Crippen MR) is 149 cm³/mol. The fourth-order valence-corrected chi connectivity index (χ4v) is 9.60. The summed E-state index contributed by atoms with van der Waals surface area (Å²) in [6, 6.07) is 3.23. The van der Waals surface area contributed by atoms with E-state index in [0.717, 1.165) is 73.3 Å². The van der Waals surface area contributed by atoms with E-state index in [0.29, 0.717) is 5.41 Å². The van der Waals surface area contributed by atoms with Crippen molar-refractivity contribution < 1.29 is 18.3 Å². The summed E-state index contributed by atoms with van der Waals surface area (Å²) >= 11 is 0. The van der Waals surface area contributed by atoms with Crippen molar-refractivity contribution in [3.05, 3.63) is 47.0 Å². The number of halogens is 2. The van der Waals surface area contributed by atoms with E-state index in [1.54, 1.807) is 0 Å². The molecule has 0 saturated heterocycles. The van der Waals surface area contributed by atoms with Crippen LogP contribution in [0.4, 0.5) is 8.78 Å². The summed E-state index contributed by atoms with van der Waals surface area (Å²) in [5, 5.41) is 0. The zero-order chi connectivity index (χ0) is 27.2. The molecule has 3 saturated carbocycles. The third-order valence-corrected chi connectivity index (χ3v) is 11.7. The normalized spacial score (nSPS) is 37.2. The first kappa shape index (κ1) is 27.8. The molecule has 0 radical (unpaired) electrons. The van der Waals surface area contributed by atoms with Crippen molar-refractivity contribution in [1.82, 2.24) is 0 Å². The molecule has 1 aromatic rings. The number of carbonyl (C=O) groups is 1. The molecule has 0 bridgehead atoms. The van der Waals surface area contributed by atoms with Gasteiger partial charge in [-0.1, -0.05) is 65.5 Å². The summed E-state index contributed by atoms with van der Waals surface area (Å²) in [5.74, 6) is 2.30. The average Bonchev–Trinajstić information content (AvgIpc) is 3.23. The van der Waals surface area contributed by atoms with Crippen LogP contribution in [0.15, 0.2) is 29.8 Å². The summed E-state index contributed by atoms with van der Waals surface area (Å²) in [6.45, 7) is 12.3. The minimum Gasteiger partial charge on any atom is -0.458 e. The summed E-state index contributed by atoms with van der Waals surface area (Å²) in [4.78, 5) is 12.7. The molecule has 0 aromatic heterocycles. The fourth-order valence-electron chi connectivity index (χ4n) is 9.60. The number of rotatable bonds is 7. The number of carbonyl (C=O) groups excluding carboxylic acids is 1. The standard InChI is InChI=1S/C34H48F2O2/c1-21(2)7-6-8-22(3)27-12-13-28-26-11-10-24-20-25(38-32(37)23-9-14-30(35)31(36)19-23)15-17-33(24,4)29(26)16-18-34(27,28)5/h9-10,14,19,21-22,25-29H,6-8,11-13,15-18,20H2,1-5H3/t22-,25+,26+,27-,28+,29+,33+,34-/m1/s1. The van der Waals surface area contributed by atoms with Crippen molar-refractivity contribution in [1.29, 1.82) is 0 Å². The lowest BCUT2D eigenvalue weighted by Crippen LogP contribution is -2.51. The minimum atomic E-state index is -1.01. The average molecular weight is 527 g/mol. The highest BCUT2D eigenvalue weighted by Crippen LogP contribution is 2.67. The van der Waals surface area contributed by atoms with E-state index < -0.39 is 17.6 Å². The third-order valence-electron chi connectivity index (χ3n) is 11.7. The van der Waals surface area contributed by atoms with Gasteiger partial charge in [-0.3, -0.25) is 0 Å². The molecule has 3 fully saturated rings. The van der Waals surface area contributed by atoms with Gasteiger partial charge in [-0.05, 0) is 109 Å². The Kier molecular flexibility index (Phi) is 7.84. The van der Waals surface area contributed by atoms with Gasteiger partial charge in [0.25, 0.3) is 0 Å². The van der Waals surface area contributed by atoms with E-state index in [1.165, 1.54) is 56.6 Å². The molecule has 2 nitrogen and oxygen atoms in total. The van der Waals surface area contributed by atoms with Crippen molar-refractivity contribution >= 4 is 5.97 Å². The Balaban J connectivity index is 1.25. The topological polar surface area (TPSA) is 26.3 Å². The lowest BCUT2D eigenvalue weighted by molar-refractivity contribution is -0.0594.